The van der Waals surface area contributed by atoms with E-state index >= 15 is 0 Å². The Labute approximate surface area is 178 Å². The molecule has 3 rings (SSSR count). The minimum absolute atomic E-state index is 0.0607. The zero-order valence-corrected chi connectivity index (χ0v) is 17.8. The maximum absolute atomic E-state index is 12.3. The number of sulfone groups is 1. The summed E-state index contributed by atoms with van der Waals surface area (Å²) in [5, 5.41) is 6.26. The predicted molar refractivity (Wildman–Crippen MR) is 122 cm³/mol. The summed E-state index contributed by atoms with van der Waals surface area (Å²) in [6.45, 7) is 2.45. The standard InChI is InChI=1S/C24H26N2O3S/c1-2-30(28,29)23-14-10-20(11-15-23)18-24(27)26-22-12-8-19(9-13-22)16-17-25-21-6-4-3-5-7-21/h3-15,25H,2,16-18H2,1H3,(H,26,27). The summed E-state index contributed by atoms with van der Waals surface area (Å²) in [4.78, 5) is 12.6. The molecule has 0 bridgehead atoms. The van der Waals surface area contributed by atoms with Crippen LogP contribution in [0.3, 0.4) is 0 Å². The van der Waals surface area contributed by atoms with E-state index in [0.717, 1.165) is 29.9 Å². The van der Waals surface area contributed by atoms with E-state index in [1.54, 1.807) is 31.2 Å². The zero-order valence-electron chi connectivity index (χ0n) is 17.0. The lowest BCUT2D eigenvalue weighted by atomic mass is 10.1. The molecular weight excluding hydrogens is 396 g/mol. The average Bonchev–Trinajstić information content (AvgIpc) is 2.76. The molecule has 1 amide bonds. The van der Waals surface area contributed by atoms with Gasteiger partial charge in [-0.2, -0.15) is 0 Å². The number of amides is 1. The van der Waals surface area contributed by atoms with Crippen LogP contribution in [-0.2, 0) is 27.5 Å². The van der Waals surface area contributed by atoms with Gasteiger partial charge in [0.05, 0.1) is 17.1 Å². The van der Waals surface area contributed by atoms with Crippen molar-refractivity contribution in [3.05, 3.63) is 90.0 Å². The van der Waals surface area contributed by atoms with Crippen LogP contribution in [0.4, 0.5) is 11.4 Å². The van der Waals surface area contributed by atoms with Crippen LogP contribution >= 0.6 is 0 Å². The first kappa shape index (κ1) is 21.6. The number of benzene rings is 3. The Balaban J connectivity index is 1.48. The maximum Gasteiger partial charge on any atom is 0.228 e. The van der Waals surface area contributed by atoms with Gasteiger partial charge in [-0.15, -0.1) is 0 Å². The van der Waals surface area contributed by atoms with Gasteiger partial charge in [-0.3, -0.25) is 4.79 Å². The highest BCUT2D eigenvalue weighted by molar-refractivity contribution is 7.91. The molecule has 30 heavy (non-hydrogen) atoms. The van der Waals surface area contributed by atoms with E-state index < -0.39 is 9.84 Å². The Bertz CT molecular complexity index is 1060. The van der Waals surface area contributed by atoms with Gasteiger partial charge in [-0.1, -0.05) is 49.4 Å². The van der Waals surface area contributed by atoms with Crippen LogP contribution in [0.15, 0.2) is 83.8 Å². The van der Waals surface area contributed by atoms with E-state index in [4.69, 9.17) is 0 Å². The Morgan fingerprint density at radius 2 is 1.43 bits per heavy atom. The second kappa shape index (κ2) is 10.1. The minimum atomic E-state index is -3.22. The van der Waals surface area contributed by atoms with Crippen LogP contribution < -0.4 is 10.6 Å². The monoisotopic (exact) mass is 422 g/mol. The molecule has 0 aliphatic rings. The van der Waals surface area contributed by atoms with Crippen LogP contribution in [0.25, 0.3) is 0 Å². The molecule has 2 N–H and O–H groups in total. The van der Waals surface area contributed by atoms with Crippen molar-refractivity contribution in [3.8, 4) is 0 Å². The molecule has 156 valence electrons. The van der Waals surface area contributed by atoms with Crippen molar-refractivity contribution in [1.82, 2.24) is 0 Å². The SMILES string of the molecule is CCS(=O)(=O)c1ccc(CC(=O)Nc2ccc(CCNc3ccccc3)cc2)cc1. The largest absolute Gasteiger partial charge is 0.385 e. The first-order chi connectivity index (χ1) is 14.5. The summed E-state index contributed by atoms with van der Waals surface area (Å²) in [5.41, 5.74) is 3.79. The molecule has 0 aliphatic heterocycles. The summed E-state index contributed by atoms with van der Waals surface area (Å²) in [6.07, 6.45) is 1.07. The van der Waals surface area contributed by atoms with Gasteiger partial charge >= 0.3 is 0 Å². The smallest absolute Gasteiger partial charge is 0.228 e. The third-order valence-corrected chi connectivity index (χ3v) is 6.53. The molecule has 5 nitrogen and oxygen atoms in total. The number of nitrogens with one attached hydrogen (secondary N) is 2. The lowest BCUT2D eigenvalue weighted by Crippen LogP contribution is -2.14. The summed E-state index contributed by atoms with van der Waals surface area (Å²) in [6, 6.07) is 24.4. The molecule has 0 aliphatic carbocycles. The molecule has 0 heterocycles. The van der Waals surface area contributed by atoms with E-state index in [0.29, 0.717) is 0 Å². The lowest BCUT2D eigenvalue weighted by Gasteiger charge is -2.09. The summed E-state index contributed by atoms with van der Waals surface area (Å²) >= 11 is 0. The van der Waals surface area contributed by atoms with Crippen molar-refractivity contribution in [3.63, 3.8) is 0 Å². The van der Waals surface area contributed by atoms with Crippen molar-refractivity contribution >= 4 is 27.1 Å². The number of anilines is 2. The average molecular weight is 423 g/mol. The molecule has 0 aromatic heterocycles. The molecule has 0 unspecified atom stereocenters. The normalized spacial score (nSPS) is 11.1. The van der Waals surface area contributed by atoms with Crippen molar-refractivity contribution < 1.29 is 13.2 Å². The van der Waals surface area contributed by atoms with E-state index in [1.165, 1.54) is 5.56 Å². The third kappa shape index (κ3) is 6.19. The van der Waals surface area contributed by atoms with Crippen molar-refractivity contribution in [2.24, 2.45) is 0 Å². The predicted octanol–water partition coefficient (Wildman–Crippen LogP) is 4.32. The molecule has 0 saturated carbocycles. The zero-order chi connectivity index (χ0) is 21.4. The highest BCUT2D eigenvalue weighted by atomic mass is 32.2. The van der Waals surface area contributed by atoms with Gasteiger partial charge in [0.2, 0.25) is 5.91 Å². The Hall–Kier alpha value is -3.12. The fourth-order valence-electron chi connectivity index (χ4n) is 3.03. The van der Waals surface area contributed by atoms with Crippen LogP contribution in [0, 0.1) is 0 Å². The topological polar surface area (TPSA) is 75.3 Å². The molecule has 3 aromatic carbocycles. The van der Waals surface area contributed by atoms with Gasteiger partial charge in [0.25, 0.3) is 0 Å². The maximum atomic E-state index is 12.3. The Morgan fingerprint density at radius 1 is 0.800 bits per heavy atom. The second-order valence-corrected chi connectivity index (χ2v) is 9.29. The highest BCUT2D eigenvalue weighted by Gasteiger charge is 2.11. The van der Waals surface area contributed by atoms with Gasteiger partial charge < -0.3 is 10.6 Å². The van der Waals surface area contributed by atoms with Gasteiger partial charge in [-0.25, -0.2) is 8.42 Å². The first-order valence-electron chi connectivity index (χ1n) is 9.95. The van der Waals surface area contributed by atoms with Gasteiger partial charge in [0.1, 0.15) is 0 Å². The number of rotatable bonds is 9. The summed E-state index contributed by atoms with van der Waals surface area (Å²) in [5.74, 6) is -0.0786. The van der Waals surface area contributed by atoms with E-state index in [-0.39, 0.29) is 23.0 Å². The molecule has 0 spiro atoms. The number of carbonyl (C=O) groups is 1. The van der Waals surface area contributed by atoms with Crippen LogP contribution in [0.2, 0.25) is 0 Å². The summed E-state index contributed by atoms with van der Waals surface area (Å²) < 4.78 is 23.7. The highest BCUT2D eigenvalue weighted by Crippen LogP contribution is 2.15. The first-order valence-corrected chi connectivity index (χ1v) is 11.6. The molecule has 6 heteroatoms. The number of hydrogen-bond acceptors (Lipinski definition) is 4. The molecule has 3 aromatic rings. The van der Waals surface area contributed by atoms with Crippen molar-refractivity contribution in [2.75, 3.05) is 22.9 Å². The lowest BCUT2D eigenvalue weighted by molar-refractivity contribution is -0.115. The van der Waals surface area contributed by atoms with Gasteiger partial charge in [0, 0.05) is 17.9 Å². The van der Waals surface area contributed by atoms with Crippen molar-refractivity contribution in [2.45, 2.75) is 24.7 Å². The third-order valence-electron chi connectivity index (χ3n) is 4.78. The molecule has 0 fully saturated rings. The van der Waals surface area contributed by atoms with Crippen LogP contribution in [-0.4, -0.2) is 26.6 Å². The quantitative estimate of drug-likeness (QED) is 0.539. The van der Waals surface area contributed by atoms with E-state index in [9.17, 15) is 13.2 Å². The Morgan fingerprint density at radius 3 is 2.07 bits per heavy atom. The number of para-hydroxylation sites is 1. The fraction of sp³-hybridized carbons (Fsp3) is 0.208. The van der Waals surface area contributed by atoms with Gasteiger partial charge in [0.15, 0.2) is 9.84 Å². The van der Waals surface area contributed by atoms with E-state index in [2.05, 4.69) is 10.6 Å². The fourth-order valence-corrected chi connectivity index (χ4v) is 3.92. The molecular formula is C24H26N2O3S. The van der Waals surface area contributed by atoms with E-state index in [1.807, 2.05) is 54.6 Å². The van der Waals surface area contributed by atoms with Crippen LogP contribution in [0.1, 0.15) is 18.1 Å². The van der Waals surface area contributed by atoms with Gasteiger partial charge in [-0.05, 0) is 53.9 Å². The summed E-state index contributed by atoms with van der Waals surface area (Å²) in [7, 11) is -3.22. The minimum Gasteiger partial charge on any atom is -0.385 e. The second-order valence-electron chi connectivity index (χ2n) is 7.01. The number of carbonyl (C=O) groups excluding carboxylic acids is 1. The molecule has 0 atom stereocenters. The number of hydrogen-bond donors (Lipinski definition) is 2. The Kier molecular flexibility index (Phi) is 7.25. The molecule has 0 radical (unpaired) electrons. The van der Waals surface area contributed by atoms with Crippen molar-refractivity contribution in [1.29, 1.82) is 0 Å². The van der Waals surface area contributed by atoms with Crippen LogP contribution in [0.5, 0.6) is 0 Å². The molecule has 0 saturated heterocycles.